The van der Waals surface area contributed by atoms with E-state index in [2.05, 4.69) is 0 Å². The van der Waals surface area contributed by atoms with Gasteiger partial charge in [0.2, 0.25) is 0 Å². The van der Waals surface area contributed by atoms with E-state index in [1.807, 2.05) is 17.2 Å². The Bertz CT molecular complexity index is 661. The summed E-state index contributed by atoms with van der Waals surface area (Å²) in [6.07, 6.45) is 8.97. The van der Waals surface area contributed by atoms with Crippen LogP contribution < -0.4 is 4.74 Å². The average Bonchev–Trinajstić information content (AvgIpc) is 2.70. The summed E-state index contributed by atoms with van der Waals surface area (Å²) in [5.74, 6) is 0.505. The molecule has 2 atom stereocenters. The zero-order valence-electron chi connectivity index (χ0n) is 15.5. The maximum absolute atomic E-state index is 12.7. The maximum Gasteiger partial charge on any atom is 0.342 e. The van der Waals surface area contributed by atoms with Crippen LogP contribution in [-0.4, -0.2) is 49.3 Å². The van der Waals surface area contributed by atoms with Crippen molar-refractivity contribution >= 4 is 23.6 Å². The topological polar surface area (TPSA) is 55.8 Å². The summed E-state index contributed by atoms with van der Waals surface area (Å²) in [6.45, 7) is 0.582. The Morgan fingerprint density at radius 2 is 1.96 bits per heavy atom. The van der Waals surface area contributed by atoms with Gasteiger partial charge in [-0.2, -0.15) is 0 Å². The molecule has 142 valence electrons. The number of fused-ring (bicyclic) bond motifs is 1. The lowest BCUT2D eigenvalue weighted by molar-refractivity contribution is -0.140. The van der Waals surface area contributed by atoms with Crippen LogP contribution in [0.15, 0.2) is 23.1 Å². The van der Waals surface area contributed by atoms with E-state index in [1.165, 1.54) is 32.8 Å². The van der Waals surface area contributed by atoms with E-state index >= 15 is 0 Å². The zero-order chi connectivity index (χ0) is 18.5. The Labute approximate surface area is 159 Å². The average molecular weight is 378 g/mol. The lowest BCUT2D eigenvalue weighted by Gasteiger charge is -2.44. The van der Waals surface area contributed by atoms with E-state index in [4.69, 9.17) is 9.47 Å². The first-order valence-electron chi connectivity index (χ1n) is 9.32. The van der Waals surface area contributed by atoms with Gasteiger partial charge in [-0.05, 0) is 56.1 Å². The van der Waals surface area contributed by atoms with Crippen LogP contribution in [0.2, 0.25) is 0 Å². The highest BCUT2D eigenvalue weighted by Gasteiger charge is 2.35. The molecule has 6 heteroatoms. The number of likely N-dealkylation sites (tertiary alicyclic amines) is 1. The van der Waals surface area contributed by atoms with Gasteiger partial charge in [-0.1, -0.05) is 12.8 Å². The molecule has 1 aliphatic carbocycles. The lowest BCUT2D eigenvalue weighted by atomic mass is 9.78. The standard InChI is InChI=1S/C20H27NO4S/c1-24-18-12-15(26-2)9-10-16(18)20(23)25-13-19(22)21-11-5-7-14-6-3-4-8-17(14)21/h9-10,12,14,17H,3-8,11,13H2,1-2H3/t14-,17-/m1/s1. The van der Waals surface area contributed by atoms with Gasteiger partial charge < -0.3 is 14.4 Å². The minimum Gasteiger partial charge on any atom is -0.496 e. The van der Waals surface area contributed by atoms with E-state index in [-0.39, 0.29) is 12.5 Å². The molecule has 1 heterocycles. The van der Waals surface area contributed by atoms with Crippen molar-refractivity contribution in [1.29, 1.82) is 0 Å². The molecule has 1 aliphatic heterocycles. The van der Waals surface area contributed by atoms with Crippen LogP contribution >= 0.6 is 11.8 Å². The predicted molar refractivity (Wildman–Crippen MR) is 102 cm³/mol. The predicted octanol–water partition coefficient (Wildman–Crippen LogP) is 3.76. The van der Waals surface area contributed by atoms with Crippen molar-refractivity contribution < 1.29 is 19.1 Å². The number of methoxy groups -OCH3 is 1. The minimum atomic E-state index is -0.514. The maximum atomic E-state index is 12.7. The Kier molecular flexibility index (Phi) is 6.46. The van der Waals surface area contributed by atoms with Crippen LogP contribution in [-0.2, 0) is 9.53 Å². The summed E-state index contributed by atoms with van der Waals surface area (Å²) < 4.78 is 10.6. The SMILES string of the molecule is COc1cc(SC)ccc1C(=O)OCC(=O)N1CCC[C@H]2CCCC[C@H]21. The van der Waals surface area contributed by atoms with Crippen molar-refractivity contribution in [3.05, 3.63) is 23.8 Å². The van der Waals surface area contributed by atoms with Gasteiger partial charge >= 0.3 is 5.97 Å². The summed E-state index contributed by atoms with van der Waals surface area (Å²) in [6, 6.07) is 5.68. The number of carbonyl (C=O) groups excluding carboxylic acids is 2. The largest absolute Gasteiger partial charge is 0.496 e. The van der Waals surface area contributed by atoms with Crippen molar-refractivity contribution in [2.45, 2.75) is 49.5 Å². The van der Waals surface area contributed by atoms with E-state index in [0.29, 0.717) is 23.3 Å². The monoisotopic (exact) mass is 377 g/mol. The summed E-state index contributed by atoms with van der Waals surface area (Å²) in [4.78, 5) is 28.0. The molecule has 0 bridgehead atoms. The number of carbonyl (C=O) groups is 2. The summed E-state index contributed by atoms with van der Waals surface area (Å²) in [7, 11) is 1.53. The number of piperidine rings is 1. The molecular formula is C20H27NO4S. The first kappa shape index (κ1) is 19.1. The fraction of sp³-hybridized carbons (Fsp3) is 0.600. The molecule has 3 rings (SSSR count). The molecule has 0 N–H and O–H groups in total. The van der Waals surface area contributed by atoms with E-state index in [0.717, 1.165) is 24.3 Å². The van der Waals surface area contributed by atoms with Crippen molar-refractivity contribution in [3.63, 3.8) is 0 Å². The highest BCUT2D eigenvalue weighted by atomic mass is 32.2. The molecule has 26 heavy (non-hydrogen) atoms. The number of hydrogen-bond acceptors (Lipinski definition) is 5. The number of benzene rings is 1. The molecule has 5 nitrogen and oxygen atoms in total. The molecule has 1 aromatic carbocycles. The molecule has 1 saturated carbocycles. The second kappa shape index (κ2) is 8.80. The van der Waals surface area contributed by atoms with Crippen molar-refractivity contribution in [2.24, 2.45) is 5.92 Å². The molecular weight excluding hydrogens is 350 g/mol. The normalized spacial score (nSPS) is 22.5. The van der Waals surface area contributed by atoms with Gasteiger partial charge in [0, 0.05) is 17.5 Å². The Morgan fingerprint density at radius 3 is 2.73 bits per heavy atom. The fourth-order valence-corrected chi connectivity index (χ4v) is 4.62. The van der Waals surface area contributed by atoms with Gasteiger partial charge in [0.15, 0.2) is 6.61 Å². The Morgan fingerprint density at radius 1 is 1.19 bits per heavy atom. The smallest absolute Gasteiger partial charge is 0.342 e. The molecule has 0 aromatic heterocycles. The van der Waals surface area contributed by atoms with Crippen LogP contribution in [0.3, 0.4) is 0 Å². The molecule has 2 fully saturated rings. The van der Waals surface area contributed by atoms with Gasteiger partial charge in [-0.25, -0.2) is 4.79 Å². The van der Waals surface area contributed by atoms with Crippen molar-refractivity contribution in [1.82, 2.24) is 4.90 Å². The quantitative estimate of drug-likeness (QED) is 0.578. The lowest BCUT2D eigenvalue weighted by Crippen LogP contribution is -2.50. The molecule has 1 aromatic rings. The highest BCUT2D eigenvalue weighted by molar-refractivity contribution is 7.98. The van der Waals surface area contributed by atoms with E-state index in [9.17, 15) is 9.59 Å². The second-order valence-corrected chi connectivity index (χ2v) is 7.86. The number of amides is 1. The molecule has 1 amide bonds. The van der Waals surface area contributed by atoms with Gasteiger partial charge in [0.05, 0.1) is 7.11 Å². The van der Waals surface area contributed by atoms with E-state index in [1.54, 1.807) is 23.9 Å². The first-order chi connectivity index (χ1) is 12.6. The summed E-state index contributed by atoms with van der Waals surface area (Å²) in [5, 5.41) is 0. The van der Waals surface area contributed by atoms with Gasteiger partial charge in [0.25, 0.3) is 5.91 Å². The second-order valence-electron chi connectivity index (χ2n) is 6.98. The fourth-order valence-electron chi connectivity index (χ4n) is 4.19. The minimum absolute atomic E-state index is 0.0744. The molecule has 1 saturated heterocycles. The Balaban J connectivity index is 1.61. The molecule has 0 unspecified atom stereocenters. The van der Waals surface area contributed by atoms with Crippen LogP contribution in [0, 0.1) is 5.92 Å². The number of esters is 1. The van der Waals surface area contributed by atoms with Gasteiger partial charge in [-0.15, -0.1) is 11.8 Å². The third kappa shape index (κ3) is 4.17. The molecule has 0 radical (unpaired) electrons. The van der Waals surface area contributed by atoms with Gasteiger partial charge in [-0.3, -0.25) is 4.79 Å². The summed E-state index contributed by atoms with van der Waals surface area (Å²) >= 11 is 1.57. The van der Waals surface area contributed by atoms with Crippen LogP contribution in [0.25, 0.3) is 0 Å². The number of hydrogen-bond donors (Lipinski definition) is 0. The highest BCUT2D eigenvalue weighted by Crippen LogP contribution is 2.35. The number of nitrogens with zero attached hydrogens (tertiary/aromatic N) is 1. The first-order valence-corrected chi connectivity index (χ1v) is 10.5. The Hall–Kier alpha value is -1.69. The zero-order valence-corrected chi connectivity index (χ0v) is 16.3. The number of rotatable bonds is 5. The van der Waals surface area contributed by atoms with Crippen molar-refractivity contribution in [3.8, 4) is 5.75 Å². The molecule has 2 aliphatic rings. The van der Waals surface area contributed by atoms with Gasteiger partial charge in [0.1, 0.15) is 11.3 Å². The molecule has 0 spiro atoms. The number of thioether (sulfide) groups is 1. The van der Waals surface area contributed by atoms with E-state index < -0.39 is 5.97 Å². The van der Waals surface area contributed by atoms with Crippen molar-refractivity contribution in [2.75, 3.05) is 26.5 Å². The number of ether oxygens (including phenoxy) is 2. The third-order valence-corrected chi connectivity index (χ3v) is 6.24. The summed E-state index contributed by atoms with van der Waals surface area (Å²) in [5.41, 5.74) is 0.354. The van der Waals surface area contributed by atoms with Crippen LogP contribution in [0.1, 0.15) is 48.9 Å². The van der Waals surface area contributed by atoms with Crippen LogP contribution in [0.4, 0.5) is 0 Å². The van der Waals surface area contributed by atoms with Crippen LogP contribution in [0.5, 0.6) is 5.75 Å². The third-order valence-electron chi connectivity index (χ3n) is 5.52.